The number of aliphatic hydroxyl groups is 1. The van der Waals surface area contributed by atoms with Crippen LogP contribution in [-0.2, 0) is 20.6 Å². The molecule has 3 heterocycles. The molecule has 0 amide bonds. The third-order valence-electron chi connectivity index (χ3n) is 4.99. The highest BCUT2D eigenvalue weighted by Gasteiger charge is 2.21. The molecular formula is C16H25N5O3. The monoisotopic (exact) mass is 335 g/mol. The van der Waals surface area contributed by atoms with Crippen molar-refractivity contribution in [3.8, 4) is 0 Å². The molecule has 1 atom stereocenters. The Kier molecular flexibility index (Phi) is 4.86. The van der Waals surface area contributed by atoms with Crippen molar-refractivity contribution in [1.29, 1.82) is 0 Å². The van der Waals surface area contributed by atoms with Gasteiger partial charge in [0.25, 0.3) is 5.56 Å². The lowest BCUT2D eigenvalue weighted by atomic mass is 10.0. The van der Waals surface area contributed by atoms with Gasteiger partial charge in [0.2, 0.25) is 0 Å². The van der Waals surface area contributed by atoms with Gasteiger partial charge in [-0.15, -0.1) is 0 Å². The van der Waals surface area contributed by atoms with Crippen LogP contribution in [0.1, 0.15) is 25.7 Å². The lowest BCUT2D eigenvalue weighted by Gasteiger charge is -2.34. The summed E-state index contributed by atoms with van der Waals surface area (Å²) in [5, 5.41) is 9.47. The summed E-state index contributed by atoms with van der Waals surface area (Å²) >= 11 is 0. The molecular weight excluding hydrogens is 310 g/mol. The summed E-state index contributed by atoms with van der Waals surface area (Å²) in [6.07, 6.45) is 5.56. The Morgan fingerprint density at radius 2 is 2.04 bits per heavy atom. The van der Waals surface area contributed by atoms with Gasteiger partial charge in [-0.05, 0) is 25.8 Å². The maximum atomic E-state index is 12.6. The predicted octanol–water partition coefficient (Wildman–Crippen LogP) is -0.329. The lowest BCUT2D eigenvalue weighted by molar-refractivity contribution is 0.0880. The molecule has 3 rings (SSSR count). The molecule has 2 aromatic heterocycles. The normalized spacial score (nSPS) is 19.2. The second-order valence-electron chi connectivity index (χ2n) is 6.55. The minimum absolute atomic E-state index is 0.169. The second kappa shape index (κ2) is 6.90. The number of fused-ring (bicyclic) bond motifs is 1. The van der Waals surface area contributed by atoms with Gasteiger partial charge in [-0.1, -0.05) is 6.42 Å². The van der Waals surface area contributed by atoms with Gasteiger partial charge in [-0.25, -0.2) is 9.78 Å². The molecule has 1 aliphatic rings. The molecule has 1 N–H and O–H groups in total. The Balaban J connectivity index is 1.79. The van der Waals surface area contributed by atoms with Gasteiger partial charge in [0.15, 0.2) is 11.2 Å². The fraction of sp³-hybridized carbons (Fsp3) is 0.688. The highest BCUT2D eigenvalue weighted by atomic mass is 16.3. The van der Waals surface area contributed by atoms with E-state index < -0.39 is 0 Å². The number of hydrogen-bond acceptors (Lipinski definition) is 5. The molecule has 0 bridgehead atoms. The van der Waals surface area contributed by atoms with Crippen molar-refractivity contribution in [2.75, 3.05) is 19.7 Å². The van der Waals surface area contributed by atoms with E-state index in [-0.39, 0.29) is 23.9 Å². The quantitative estimate of drug-likeness (QED) is 0.809. The Morgan fingerprint density at radius 1 is 1.25 bits per heavy atom. The van der Waals surface area contributed by atoms with E-state index in [1.54, 1.807) is 25.0 Å². The topological polar surface area (TPSA) is 85.3 Å². The first kappa shape index (κ1) is 16.9. The molecule has 0 spiro atoms. The van der Waals surface area contributed by atoms with E-state index in [1.807, 2.05) is 0 Å². The van der Waals surface area contributed by atoms with Gasteiger partial charge in [0.05, 0.1) is 12.9 Å². The zero-order valence-electron chi connectivity index (χ0n) is 14.3. The third-order valence-corrected chi connectivity index (χ3v) is 4.99. The minimum atomic E-state index is -0.330. The average Bonchev–Trinajstić information content (AvgIpc) is 2.98. The molecule has 1 saturated heterocycles. The van der Waals surface area contributed by atoms with E-state index in [0.717, 1.165) is 32.4 Å². The molecule has 24 heavy (non-hydrogen) atoms. The minimum Gasteiger partial charge on any atom is -0.395 e. The number of aryl methyl sites for hydroxylation is 2. The number of aliphatic hydroxyl groups excluding tert-OH is 1. The fourth-order valence-corrected chi connectivity index (χ4v) is 3.59. The standard InChI is InChI=1S/C16H25N5O3/c1-18-11-17-14-13(18)15(23)21(16(24)19(14)2)9-5-8-20-7-4-3-6-12(20)10-22/h11-12,22H,3-10H2,1-2H3. The summed E-state index contributed by atoms with van der Waals surface area (Å²) in [5.74, 6) is 0. The van der Waals surface area contributed by atoms with Gasteiger partial charge >= 0.3 is 5.69 Å². The average molecular weight is 335 g/mol. The van der Waals surface area contributed by atoms with Gasteiger partial charge in [-0.3, -0.25) is 18.8 Å². The number of hydrogen-bond donors (Lipinski definition) is 1. The third kappa shape index (κ3) is 2.91. The Morgan fingerprint density at radius 3 is 2.79 bits per heavy atom. The lowest BCUT2D eigenvalue weighted by Crippen LogP contribution is -2.44. The summed E-state index contributed by atoms with van der Waals surface area (Å²) in [7, 11) is 3.39. The Hall–Kier alpha value is -1.93. The van der Waals surface area contributed by atoms with Gasteiger partial charge in [-0.2, -0.15) is 0 Å². The zero-order valence-corrected chi connectivity index (χ0v) is 14.3. The molecule has 132 valence electrons. The van der Waals surface area contributed by atoms with Crippen molar-refractivity contribution in [3.63, 3.8) is 0 Å². The summed E-state index contributed by atoms with van der Waals surface area (Å²) in [6, 6.07) is 0.206. The largest absolute Gasteiger partial charge is 0.395 e. The first-order valence-electron chi connectivity index (χ1n) is 8.50. The van der Waals surface area contributed by atoms with E-state index in [4.69, 9.17) is 0 Å². The van der Waals surface area contributed by atoms with Crippen LogP contribution in [0.15, 0.2) is 15.9 Å². The molecule has 0 aromatic carbocycles. The SMILES string of the molecule is Cn1cnc2c1c(=O)n(CCCN1CCCCC1CO)c(=O)n2C. The predicted molar refractivity (Wildman–Crippen MR) is 91.1 cm³/mol. The molecule has 1 fully saturated rings. The fourth-order valence-electron chi connectivity index (χ4n) is 3.59. The summed E-state index contributed by atoms with van der Waals surface area (Å²) in [6.45, 7) is 2.30. The van der Waals surface area contributed by atoms with Crippen molar-refractivity contribution in [1.82, 2.24) is 23.6 Å². The summed E-state index contributed by atoms with van der Waals surface area (Å²) in [5.41, 5.74) is 0.248. The Labute approximate surface area is 139 Å². The number of rotatable bonds is 5. The molecule has 1 aliphatic heterocycles. The first-order valence-corrected chi connectivity index (χ1v) is 8.50. The van der Waals surface area contributed by atoms with Gasteiger partial charge in [0.1, 0.15) is 0 Å². The molecule has 0 saturated carbocycles. The van der Waals surface area contributed by atoms with E-state index >= 15 is 0 Å². The van der Waals surface area contributed by atoms with E-state index in [2.05, 4.69) is 9.88 Å². The van der Waals surface area contributed by atoms with Crippen LogP contribution in [0.2, 0.25) is 0 Å². The molecule has 0 aliphatic carbocycles. The van der Waals surface area contributed by atoms with Crippen molar-refractivity contribution in [3.05, 3.63) is 27.2 Å². The van der Waals surface area contributed by atoms with Crippen LogP contribution < -0.4 is 11.2 Å². The molecule has 8 heteroatoms. The smallest absolute Gasteiger partial charge is 0.332 e. The highest BCUT2D eigenvalue weighted by Crippen LogP contribution is 2.16. The maximum Gasteiger partial charge on any atom is 0.332 e. The molecule has 2 aromatic rings. The van der Waals surface area contributed by atoms with Crippen LogP contribution >= 0.6 is 0 Å². The van der Waals surface area contributed by atoms with Gasteiger partial charge in [0, 0.05) is 33.2 Å². The first-order chi connectivity index (χ1) is 11.5. The van der Waals surface area contributed by atoms with Crippen LogP contribution in [-0.4, -0.2) is 54.4 Å². The van der Waals surface area contributed by atoms with Crippen molar-refractivity contribution in [2.45, 2.75) is 38.3 Å². The van der Waals surface area contributed by atoms with E-state index in [1.165, 1.54) is 9.13 Å². The molecule has 0 radical (unpaired) electrons. The summed E-state index contributed by atoms with van der Waals surface area (Å²) < 4.78 is 4.37. The highest BCUT2D eigenvalue weighted by molar-refractivity contribution is 5.69. The van der Waals surface area contributed by atoms with Crippen LogP contribution in [0, 0.1) is 0 Å². The van der Waals surface area contributed by atoms with Crippen LogP contribution in [0.5, 0.6) is 0 Å². The number of nitrogens with zero attached hydrogens (tertiary/aromatic N) is 5. The van der Waals surface area contributed by atoms with Crippen molar-refractivity contribution in [2.24, 2.45) is 14.1 Å². The van der Waals surface area contributed by atoms with Gasteiger partial charge < -0.3 is 9.67 Å². The van der Waals surface area contributed by atoms with Crippen molar-refractivity contribution >= 4 is 11.2 Å². The van der Waals surface area contributed by atoms with Crippen LogP contribution in [0.4, 0.5) is 0 Å². The summed E-state index contributed by atoms with van der Waals surface area (Å²) in [4.78, 5) is 31.5. The number of aromatic nitrogens is 4. The number of piperidine rings is 1. The van der Waals surface area contributed by atoms with Crippen LogP contribution in [0.3, 0.4) is 0 Å². The Bertz CT molecular complexity index is 835. The number of imidazole rings is 1. The maximum absolute atomic E-state index is 12.6. The molecule has 8 nitrogen and oxygen atoms in total. The van der Waals surface area contributed by atoms with Crippen LogP contribution in [0.25, 0.3) is 11.2 Å². The zero-order chi connectivity index (χ0) is 17.3. The van der Waals surface area contributed by atoms with E-state index in [0.29, 0.717) is 24.1 Å². The molecule has 1 unspecified atom stereocenters. The number of likely N-dealkylation sites (tertiary alicyclic amines) is 1. The van der Waals surface area contributed by atoms with E-state index in [9.17, 15) is 14.7 Å². The van der Waals surface area contributed by atoms with Crippen molar-refractivity contribution < 1.29 is 5.11 Å². The second-order valence-corrected chi connectivity index (χ2v) is 6.55.